The average molecular weight is 314 g/mol. The van der Waals surface area contributed by atoms with Crippen LogP contribution in [0.15, 0.2) is 64.4 Å². The quantitative estimate of drug-likeness (QED) is 0.479. The van der Waals surface area contributed by atoms with Crippen LogP contribution < -0.4 is 5.46 Å². The topological polar surface area (TPSA) is 60.4 Å². The zero-order valence-electron chi connectivity index (χ0n) is 12.3. The molecule has 0 heterocycles. The summed E-state index contributed by atoms with van der Waals surface area (Å²) in [5, 5.41) is 0. The molecule has 2 aromatic rings. The lowest BCUT2D eigenvalue weighted by Gasteiger charge is -2.07. The maximum Gasteiger partial charge on any atom is 0.330 e. The average Bonchev–Trinajstić information content (AvgIpc) is 2.54. The Morgan fingerprint density at radius 1 is 1.09 bits per heavy atom. The van der Waals surface area contributed by atoms with Crippen molar-refractivity contribution in [2.24, 2.45) is 0 Å². The maximum absolute atomic E-state index is 12.5. The molecule has 22 heavy (non-hydrogen) atoms. The zero-order chi connectivity index (χ0) is 16.2. The molecule has 6 heteroatoms. The minimum Gasteiger partial charge on any atom is -0.466 e. The van der Waals surface area contributed by atoms with E-state index in [-0.39, 0.29) is 9.79 Å². The van der Waals surface area contributed by atoms with E-state index in [2.05, 4.69) is 4.74 Å². The molecule has 0 N–H and O–H groups in total. The second-order valence-corrected chi connectivity index (χ2v) is 6.64. The van der Waals surface area contributed by atoms with Gasteiger partial charge in [0.1, 0.15) is 7.85 Å². The minimum absolute atomic E-state index is 0.228. The number of ether oxygens (including phenoxy) is 1. The molecule has 0 fully saturated rings. The summed E-state index contributed by atoms with van der Waals surface area (Å²) in [5.74, 6) is -0.458. The Kier molecular flexibility index (Phi) is 4.83. The molecule has 0 radical (unpaired) electrons. The van der Waals surface area contributed by atoms with E-state index in [4.69, 9.17) is 0 Å². The number of esters is 1. The number of carbonyl (C=O) groups is 1. The number of sulfone groups is 1. The molecular formula is C16H15BO4S. The van der Waals surface area contributed by atoms with Crippen LogP contribution in [0.3, 0.4) is 0 Å². The van der Waals surface area contributed by atoms with Crippen molar-refractivity contribution >= 4 is 35.2 Å². The standard InChI is InChI=1S/C16H15BO4S/c1-21-16(18)10-8-12-7-9-14(11-15(12)17)22(19,20)13-5-3-2-4-6-13/h2-11H,17H2,1H3/b10-8+. The number of hydrogen-bond acceptors (Lipinski definition) is 4. The summed E-state index contributed by atoms with van der Waals surface area (Å²) < 4.78 is 29.6. The van der Waals surface area contributed by atoms with Crippen molar-refractivity contribution in [3.63, 3.8) is 0 Å². The summed E-state index contributed by atoms with van der Waals surface area (Å²) in [6.45, 7) is 0. The molecule has 2 aromatic carbocycles. The van der Waals surface area contributed by atoms with Crippen LogP contribution in [0, 0.1) is 0 Å². The van der Waals surface area contributed by atoms with Gasteiger partial charge in [-0.2, -0.15) is 0 Å². The van der Waals surface area contributed by atoms with Gasteiger partial charge in [0.25, 0.3) is 0 Å². The van der Waals surface area contributed by atoms with Crippen LogP contribution in [0.5, 0.6) is 0 Å². The summed E-state index contributed by atoms with van der Waals surface area (Å²) in [5.41, 5.74) is 1.52. The van der Waals surface area contributed by atoms with Crippen LogP contribution in [-0.2, 0) is 19.4 Å². The van der Waals surface area contributed by atoms with Gasteiger partial charge in [0.2, 0.25) is 9.84 Å². The molecule has 0 atom stereocenters. The van der Waals surface area contributed by atoms with Crippen LogP contribution in [0.25, 0.3) is 6.08 Å². The molecule has 0 amide bonds. The Balaban J connectivity index is 2.38. The van der Waals surface area contributed by atoms with E-state index in [0.717, 1.165) is 11.0 Å². The van der Waals surface area contributed by atoms with Gasteiger partial charge < -0.3 is 4.74 Å². The van der Waals surface area contributed by atoms with Crippen molar-refractivity contribution in [3.8, 4) is 0 Å². The lowest BCUT2D eigenvalue weighted by atomic mass is 9.90. The van der Waals surface area contributed by atoms with E-state index >= 15 is 0 Å². The molecule has 0 spiro atoms. The fraction of sp³-hybridized carbons (Fsp3) is 0.0625. The first-order valence-corrected chi connectivity index (χ1v) is 8.10. The van der Waals surface area contributed by atoms with E-state index in [0.29, 0.717) is 0 Å². The Morgan fingerprint density at radius 3 is 2.36 bits per heavy atom. The molecule has 0 unspecified atom stereocenters. The van der Waals surface area contributed by atoms with Gasteiger partial charge >= 0.3 is 5.97 Å². The molecule has 0 saturated carbocycles. The second kappa shape index (κ2) is 6.62. The molecule has 0 aromatic heterocycles. The molecule has 0 aliphatic rings. The maximum atomic E-state index is 12.5. The van der Waals surface area contributed by atoms with E-state index in [1.807, 2.05) is 0 Å². The third kappa shape index (κ3) is 3.46. The first kappa shape index (κ1) is 16.0. The van der Waals surface area contributed by atoms with E-state index < -0.39 is 15.8 Å². The fourth-order valence-electron chi connectivity index (χ4n) is 1.96. The van der Waals surface area contributed by atoms with Crippen molar-refractivity contribution in [1.29, 1.82) is 0 Å². The first-order chi connectivity index (χ1) is 10.4. The largest absolute Gasteiger partial charge is 0.466 e. The summed E-state index contributed by atoms with van der Waals surface area (Å²) in [6, 6.07) is 13.1. The number of hydrogen-bond donors (Lipinski definition) is 0. The monoisotopic (exact) mass is 314 g/mol. The molecule has 0 aliphatic carbocycles. The molecule has 0 bridgehead atoms. The van der Waals surface area contributed by atoms with Gasteiger partial charge in [0.15, 0.2) is 0 Å². The van der Waals surface area contributed by atoms with Gasteiger partial charge in [-0.15, -0.1) is 0 Å². The van der Waals surface area contributed by atoms with Crippen molar-refractivity contribution in [3.05, 3.63) is 60.2 Å². The highest BCUT2D eigenvalue weighted by molar-refractivity contribution is 7.91. The predicted octanol–water partition coefficient (Wildman–Crippen LogP) is 0.964. The molecule has 4 nitrogen and oxygen atoms in total. The summed E-state index contributed by atoms with van der Waals surface area (Å²) >= 11 is 0. The summed E-state index contributed by atoms with van der Waals surface area (Å²) in [6.07, 6.45) is 2.90. The Bertz CT molecular complexity index is 811. The van der Waals surface area contributed by atoms with Crippen LogP contribution >= 0.6 is 0 Å². The first-order valence-electron chi connectivity index (χ1n) is 6.62. The van der Waals surface area contributed by atoms with Gasteiger partial charge in [-0.1, -0.05) is 29.7 Å². The van der Waals surface area contributed by atoms with Crippen molar-refractivity contribution in [2.45, 2.75) is 9.79 Å². The third-order valence-electron chi connectivity index (χ3n) is 3.21. The van der Waals surface area contributed by atoms with Crippen LogP contribution in [0.2, 0.25) is 0 Å². The van der Waals surface area contributed by atoms with Crippen LogP contribution in [0.4, 0.5) is 0 Å². The van der Waals surface area contributed by atoms with Crippen LogP contribution in [0.1, 0.15) is 5.56 Å². The SMILES string of the molecule is Bc1cc(S(=O)(=O)c2ccccc2)ccc1/C=C/C(=O)OC. The van der Waals surface area contributed by atoms with Crippen LogP contribution in [-0.4, -0.2) is 29.3 Å². The number of rotatable bonds is 4. The minimum atomic E-state index is -3.53. The van der Waals surface area contributed by atoms with Gasteiger partial charge in [-0.3, -0.25) is 0 Å². The highest BCUT2D eigenvalue weighted by Crippen LogP contribution is 2.20. The highest BCUT2D eigenvalue weighted by atomic mass is 32.2. The Morgan fingerprint density at radius 2 is 1.77 bits per heavy atom. The van der Waals surface area contributed by atoms with E-state index in [9.17, 15) is 13.2 Å². The van der Waals surface area contributed by atoms with E-state index in [1.165, 1.54) is 19.3 Å². The molecule has 0 saturated heterocycles. The Hall–Kier alpha value is -2.34. The van der Waals surface area contributed by atoms with Crippen molar-refractivity contribution in [2.75, 3.05) is 7.11 Å². The number of benzene rings is 2. The smallest absolute Gasteiger partial charge is 0.330 e. The van der Waals surface area contributed by atoms with Crippen molar-refractivity contribution < 1.29 is 17.9 Å². The number of carbonyl (C=O) groups excluding carboxylic acids is 1. The van der Waals surface area contributed by atoms with Gasteiger partial charge in [0, 0.05) is 6.08 Å². The highest BCUT2D eigenvalue weighted by Gasteiger charge is 2.17. The Labute approximate surface area is 130 Å². The number of methoxy groups -OCH3 is 1. The normalized spacial score (nSPS) is 11.5. The lowest BCUT2D eigenvalue weighted by molar-refractivity contribution is -0.134. The van der Waals surface area contributed by atoms with Gasteiger partial charge in [-0.25, -0.2) is 13.2 Å². The van der Waals surface area contributed by atoms with Gasteiger partial charge in [-0.05, 0) is 35.9 Å². The molecule has 112 valence electrons. The zero-order valence-corrected chi connectivity index (χ0v) is 13.1. The third-order valence-corrected chi connectivity index (χ3v) is 4.97. The lowest BCUT2D eigenvalue weighted by Crippen LogP contribution is -2.11. The molecular weight excluding hydrogens is 299 g/mol. The predicted molar refractivity (Wildman–Crippen MR) is 87.6 cm³/mol. The fourth-order valence-corrected chi connectivity index (χ4v) is 3.33. The molecule has 2 rings (SSSR count). The summed E-state index contributed by atoms with van der Waals surface area (Å²) in [7, 11) is -0.437. The van der Waals surface area contributed by atoms with E-state index in [1.54, 1.807) is 56.4 Å². The van der Waals surface area contributed by atoms with Crippen molar-refractivity contribution in [1.82, 2.24) is 0 Å². The van der Waals surface area contributed by atoms with Gasteiger partial charge in [0.05, 0.1) is 16.9 Å². The molecule has 0 aliphatic heterocycles. The summed E-state index contributed by atoms with van der Waals surface area (Å²) in [4.78, 5) is 11.6. The second-order valence-electron chi connectivity index (χ2n) is 4.69.